The molecule has 0 bridgehead atoms. The molecule has 0 saturated carbocycles. The van der Waals surface area contributed by atoms with Crippen molar-refractivity contribution in [3.63, 3.8) is 0 Å². The van der Waals surface area contributed by atoms with Crippen molar-refractivity contribution in [1.82, 2.24) is 4.90 Å². The van der Waals surface area contributed by atoms with Gasteiger partial charge in [-0.3, -0.25) is 4.90 Å². The number of nitrogens with zero attached hydrogens (tertiary/aromatic N) is 2. The minimum absolute atomic E-state index is 0.107. The summed E-state index contributed by atoms with van der Waals surface area (Å²) in [4.78, 5) is 2.28. The lowest BCUT2D eigenvalue weighted by Crippen LogP contribution is -2.44. The molecule has 2 rings (SSSR count). The minimum atomic E-state index is 0.107. The Hall–Kier alpha value is -0.810. The normalized spacial score (nSPS) is 33.1. The number of nitrogens with two attached hydrogens (primary N) is 1. The van der Waals surface area contributed by atoms with Crippen LogP contribution in [0.5, 0.6) is 0 Å². The van der Waals surface area contributed by atoms with Gasteiger partial charge in [0.1, 0.15) is 0 Å². The Kier molecular flexibility index (Phi) is 4.01. The fourth-order valence-electron chi connectivity index (χ4n) is 2.66. The second-order valence-corrected chi connectivity index (χ2v) is 4.67. The molecule has 2 unspecified atom stereocenters. The second-order valence-electron chi connectivity index (χ2n) is 4.67. The fraction of sp³-hybridized carbons (Fsp3) is 0.909. The van der Waals surface area contributed by atoms with Crippen LogP contribution in [0.3, 0.4) is 0 Å². The van der Waals surface area contributed by atoms with E-state index in [0.717, 1.165) is 39.0 Å². The van der Waals surface area contributed by atoms with E-state index < -0.39 is 0 Å². The number of hydrogen-bond donors (Lipinski definition) is 2. The van der Waals surface area contributed by atoms with Crippen molar-refractivity contribution in [2.45, 2.75) is 44.2 Å². The molecule has 2 aliphatic rings. The van der Waals surface area contributed by atoms with Gasteiger partial charge in [0, 0.05) is 13.2 Å². The van der Waals surface area contributed by atoms with Crippen LogP contribution in [0.4, 0.5) is 0 Å². The average Bonchev–Trinajstić information content (AvgIpc) is 2.77. The zero-order valence-electron chi connectivity index (χ0n) is 9.64. The van der Waals surface area contributed by atoms with Gasteiger partial charge in [0.2, 0.25) is 0 Å². The Morgan fingerprint density at radius 1 is 1.38 bits per heavy atom. The molecule has 5 nitrogen and oxygen atoms in total. The number of ether oxygens (including phenoxy) is 1. The first-order valence-corrected chi connectivity index (χ1v) is 6.14. The van der Waals surface area contributed by atoms with Crippen LogP contribution < -0.4 is 5.73 Å². The van der Waals surface area contributed by atoms with Crippen molar-refractivity contribution in [2.75, 3.05) is 19.7 Å². The predicted octanol–water partition coefficient (Wildman–Crippen LogP) is 0.766. The van der Waals surface area contributed by atoms with Crippen LogP contribution in [0.25, 0.3) is 0 Å². The maximum Gasteiger partial charge on any atom is 0.156 e. The number of hydrogen-bond acceptors (Lipinski definition) is 4. The van der Waals surface area contributed by atoms with Crippen LogP contribution in [-0.4, -0.2) is 47.8 Å². The number of likely N-dealkylation sites (tertiary alicyclic amines) is 1. The van der Waals surface area contributed by atoms with Gasteiger partial charge in [0.05, 0.1) is 12.1 Å². The van der Waals surface area contributed by atoms with Crippen molar-refractivity contribution in [2.24, 2.45) is 10.9 Å². The molecule has 0 spiro atoms. The van der Waals surface area contributed by atoms with Crippen molar-refractivity contribution in [1.29, 1.82) is 0 Å². The number of oxime groups is 1. The van der Waals surface area contributed by atoms with Gasteiger partial charge in [-0.2, -0.15) is 0 Å². The van der Waals surface area contributed by atoms with Gasteiger partial charge in [0.25, 0.3) is 0 Å². The van der Waals surface area contributed by atoms with E-state index in [-0.39, 0.29) is 6.04 Å². The van der Waals surface area contributed by atoms with E-state index >= 15 is 0 Å². The molecule has 0 amide bonds. The SMILES string of the molecule is NC(=NO)C1CCCN1CC1CCCCO1. The highest BCUT2D eigenvalue weighted by atomic mass is 16.5. The van der Waals surface area contributed by atoms with Crippen molar-refractivity contribution in [3.05, 3.63) is 0 Å². The van der Waals surface area contributed by atoms with Crippen LogP contribution in [-0.2, 0) is 4.74 Å². The van der Waals surface area contributed by atoms with E-state index in [9.17, 15) is 0 Å². The summed E-state index contributed by atoms with van der Waals surface area (Å²) in [5.41, 5.74) is 5.69. The quantitative estimate of drug-likeness (QED) is 0.323. The summed E-state index contributed by atoms with van der Waals surface area (Å²) in [5, 5.41) is 11.8. The minimum Gasteiger partial charge on any atom is -0.409 e. The Balaban J connectivity index is 1.87. The molecule has 2 aliphatic heterocycles. The molecule has 5 heteroatoms. The summed E-state index contributed by atoms with van der Waals surface area (Å²) in [7, 11) is 0. The smallest absolute Gasteiger partial charge is 0.156 e. The van der Waals surface area contributed by atoms with E-state index in [2.05, 4.69) is 10.1 Å². The Morgan fingerprint density at radius 2 is 2.25 bits per heavy atom. The maximum absolute atomic E-state index is 8.72. The van der Waals surface area contributed by atoms with Gasteiger partial charge in [0.15, 0.2) is 5.84 Å². The number of rotatable bonds is 3. The van der Waals surface area contributed by atoms with Crippen molar-refractivity contribution in [3.8, 4) is 0 Å². The van der Waals surface area contributed by atoms with Crippen LogP contribution in [0, 0.1) is 0 Å². The first kappa shape index (κ1) is 11.7. The second kappa shape index (κ2) is 5.50. The third-order valence-electron chi connectivity index (χ3n) is 3.53. The Bertz CT molecular complexity index is 252. The average molecular weight is 227 g/mol. The summed E-state index contributed by atoms with van der Waals surface area (Å²) in [5.74, 6) is 0.341. The zero-order valence-corrected chi connectivity index (χ0v) is 9.64. The first-order chi connectivity index (χ1) is 7.81. The fourth-order valence-corrected chi connectivity index (χ4v) is 2.66. The molecule has 0 radical (unpaired) electrons. The van der Waals surface area contributed by atoms with E-state index in [1.807, 2.05) is 0 Å². The highest BCUT2D eigenvalue weighted by Gasteiger charge is 2.30. The van der Waals surface area contributed by atoms with E-state index in [4.69, 9.17) is 15.7 Å². The summed E-state index contributed by atoms with van der Waals surface area (Å²) in [6.07, 6.45) is 6.02. The maximum atomic E-state index is 8.72. The summed E-state index contributed by atoms with van der Waals surface area (Å²) < 4.78 is 5.72. The molecule has 2 saturated heterocycles. The summed E-state index contributed by atoms with van der Waals surface area (Å²) in [6.45, 7) is 2.83. The molecule has 92 valence electrons. The predicted molar refractivity (Wildman–Crippen MR) is 61.6 cm³/mol. The standard InChI is InChI=1S/C11H21N3O2/c12-11(13-15)10-5-3-6-14(10)8-9-4-1-2-7-16-9/h9-10,15H,1-8H2,(H2,12,13). The van der Waals surface area contributed by atoms with Gasteiger partial charge >= 0.3 is 0 Å². The largest absolute Gasteiger partial charge is 0.409 e. The molecule has 0 aromatic rings. The summed E-state index contributed by atoms with van der Waals surface area (Å²) >= 11 is 0. The van der Waals surface area contributed by atoms with Gasteiger partial charge in [-0.25, -0.2) is 0 Å². The molecular weight excluding hydrogens is 206 g/mol. The van der Waals surface area contributed by atoms with Crippen LogP contribution in [0.2, 0.25) is 0 Å². The monoisotopic (exact) mass is 227 g/mol. The third kappa shape index (κ3) is 2.65. The molecule has 0 aromatic carbocycles. The lowest BCUT2D eigenvalue weighted by Gasteiger charge is -2.30. The molecule has 0 aromatic heterocycles. The Labute approximate surface area is 96.2 Å². The molecule has 0 aliphatic carbocycles. The molecule has 3 N–H and O–H groups in total. The van der Waals surface area contributed by atoms with Crippen LogP contribution >= 0.6 is 0 Å². The Morgan fingerprint density at radius 3 is 2.94 bits per heavy atom. The third-order valence-corrected chi connectivity index (χ3v) is 3.53. The topological polar surface area (TPSA) is 71.1 Å². The lowest BCUT2D eigenvalue weighted by atomic mass is 10.1. The van der Waals surface area contributed by atoms with Gasteiger partial charge in [-0.05, 0) is 38.6 Å². The molecule has 2 fully saturated rings. The zero-order chi connectivity index (χ0) is 11.4. The van der Waals surface area contributed by atoms with Gasteiger partial charge < -0.3 is 15.7 Å². The van der Waals surface area contributed by atoms with Crippen molar-refractivity contribution >= 4 is 5.84 Å². The van der Waals surface area contributed by atoms with Crippen molar-refractivity contribution < 1.29 is 9.94 Å². The molecular formula is C11H21N3O2. The molecule has 16 heavy (non-hydrogen) atoms. The van der Waals surface area contributed by atoms with Crippen LogP contribution in [0.1, 0.15) is 32.1 Å². The first-order valence-electron chi connectivity index (χ1n) is 6.14. The van der Waals surface area contributed by atoms with Crippen LogP contribution in [0.15, 0.2) is 5.16 Å². The van der Waals surface area contributed by atoms with E-state index in [1.165, 1.54) is 12.8 Å². The van der Waals surface area contributed by atoms with E-state index in [0.29, 0.717) is 11.9 Å². The molecule has 2 atom stereocenters. The van der Waals surface area contributed by atoms with Gasteiger partial charge in [-0.15, -0.1) is 0 Å². The van der Waals surface area contributed by atoms with Gasteiger partial charge in [-0.1, -0.05) is 5.16 Å². The summed E-state index contributed by atoms with van der Waals surface area (Å²) in [6, 6.07) is 0.107. The molecule has 2 heterocycles. The van der Waals surface area contributed by atoms with E-state index in [1.54, 1.807) is 0 Å². The highest BCUT2D eigenvalue weighted by molar-refractivity contribution is 5.85. The lowest BCUT2D eigenvalue weighted by molar-refractivity contribution is -0.00454. The number of amidine groups is 1. The highest BCUT2D eigenvalue weighted by Crippen LogP contribution is 2.21.